The second-order valence-electron chi connectivity index (χ2n) is 5.49. The highest BCUT2D eigenvalue weighted by molar-refractivity contribution is 7.88. The molecule has 0 aromatic heterocycles. The lowest BCUT2D eigenvalue weighted by molar-refractivity contribution is -0.115. The number of carbonyl (C=O) groups is 1. The fourth-order valence-electron chi connectivity index (χ4n) is 2.25. The fourth-order valence-corrected chi connectivity index (χ4v) is 3.32. The molecule has 25 heavy (non-hydrogen) atoms. The van der Waals surface area contributed by atoms with Gasteiger partial charge in [0.2, 0.25) is 15.9 Å². The van der Waals surface area contributed by atoms with Crippen molar-refractivity contribution in [1.29, 1.82) is 5.26 Å². The zero-order valence-electron chi connectivity index (χ0n) is 13.8. The predicted octanol–water partition coefficient (Wildman–Crippen LogP) is 2.18. The highest BCUT2D eigenvalue weighted by Crippen LogP contribution is 2.11. The van der Waals surface area contributed by atoms with Crippen LogP contribution in [0.4, 0.5) is 5.69 Å². The molecule has 0 atom stereocenters. The molecule has 0 saturated heterocycles. The van der Waals surface area contributed by atoms with Crippen molar-refractivity contribution in [3.8, 4) is 6.07 Å². The quantitative estimate of drug-likeness (QED) is 0.793. The van der Waals surface area contributed by atoms with E-state index < -0.39 is 15.9 Å². The number of aryl methyl sites for hydroxylation is 1. The minimum absolute atomic E-state index is 0.291. The summed E-state index contributed by atoms with van der Waals surface area (Å²) in [5.74, 6) is -0.733. The molecule has 7 heteroatoms. The Hall–Kier alpha value is -2.69. The Morgan fingerprint density at radius 2 is 1.84 bits per heavy atom. The lowest BCUT2D eigenvalue weighted by Gasteiger charge is -2.09. The third-order valence-electron chi connectivity index (χ3n) is 3.48. The molecule has 0 bridgehead atoms. The zero-order chi connectivity index (χ0) is 18.3. The van der Waals surface area contributed by atoms with Gasteiger partial charge in [-0.2, -0.15) is 5.26 Å². The normalized spacial score (nSPS) is 10.9. The Morgan fingerprint density at radius 1 is 1.12 bits per heavy atom. The van der Waals surface area contributed by atoms with Crippen LogP contribution in [0.25, 0.3) is 0 Å². The topological polar surface area (TPSA) is 99.1 Å². The second-order valence-corrected chi connectivity index (χ2v) is 7.30. The van der Waals surface area contributed by atoms with Gasteiger partial charge < -0.3 is 5.32 Å². The van der Waals surface area contributed by atoms with E-state index in [9.17, 15) is 13.2 Å². The standard InChI is InChI=1S/C18H19N3O3S/c1-2-14-5-4-8-17(10-14)21-18(22)12-20-25(23,24)13-16-7-3-6-15(9-16)11-19/h3-10,20H,2,12-13H2,1H3,(H,21,22). The van der Waals surface area contributed by atoms with Gasteiger partial charge in [0, 0.05) is 5.69 Å². The molecule has 0 aliphatic rings. The Labute approximate surface area is 147 Å². The number of anilines is 1. The van der Waals surface area contributed by atoms with E-state index in [4.69, 9.17) is 5.26 Å². The van der Waals surface area contributed by atoms with Crippen LogP contribution >= 0.6 is 0 Å². The summed E-state index contributed by atoms with van der Waals surface area (Å²) in [6.45, 7) is 1.66. The molecular formula is C18H19N3O3S. The SMILES string of the molecule is CCc1cccc(NC(=O)CNS(=O)(=O)Cc2cccc(C#N)c2)c1. The van der Waals surface area contributed by atoms with Gasteiger partial charge in [-0.3, -0.25) is 4.79 Å². The number of hydrogen-bond donors (Lipinski definition) is 2. The summed E-state index contributed by atoms with van der Waals surface area (Å²) in [6, 6.07) is 15.7. The smallest absolute Gasteiger partial charge is 0.239 e. The van der Waals surface area contributed by atoms with E-state index in [1.807, 2.05) is 31.2 Å². The van der Waals surface area contributed by atoms with Crippen molar-refractivity contribution in [2.75, 3.05) is 11.9 Å². The number of sulfonamides is 1. The van der Waals surface area contributed by atoms with Crippen molar-refractivity contribution in [1.82, 2.24) is 4.72 Å². The van der Waals surface area contributed by atoms with Gasteiger partial charge in [0.25, 0.3) is 0 Å². The van der Waals surface area contributed by atoms with E-state index in [-0.39, 0.29) is 12.3 Å². The summed E-state index contributed by atoms with van der Waals surface area (Å²) in [7, 11) is -3.68. The first-order valence-electron chi connectivity index (χ1n) is 7.77. The maximum absolute atomic E-state index is 12.1. The maximum Gasteiger partial charge on any atom is 0.239 e. The van der Waals surface area contributed by atoms with Crippen LogP contribution in [0.5, 0.6) is 0 Å². The van der Waals surface area contributed by atoms with Crippen molar-refractivity contribution in [3.05, 3.63) is 65.2 Å². The van der Waals surface area contributed by atoms with Crippen LogP contribution in [0.1, 0.15) is 23.6 Å². The van der Waals surface area contributed by atoms with E-state index in [0.29, 0.717) is 16.8 Å². The molecule has 0 aliphatic carbocycles. The van der Waals surface area contributed by atoms with Gasteiger partial charge in [-0.25, -0.2) is 13.1 Å². The van der Waals surface area contributed by atoms with E-state index in [0.717, 1.165) is 12.0 Å². The van der Waals surface area contributed by atoms with E-state index in [1.54, 1.807) is 24.3 Å². The molecule has 1 amide bonds. The van der Waals surface area contributed by atoms with Crippen molar-refractivity contribution in [2.45, 2.75) is 19.1 Å². The van der Waals surface area contributed by atoms with E-state index >= 15 is 0 Å². The molecule has 0 saturated carbocycles. The number of nitrogens with one attached hydrogen (secondary N) is 2. The van der Waals surface area contributed by atoms with Gasteiger partial charge >= 0.3 is 0 Å². The van der Waals surface area contributed by atoms with Gasteiger partial charge in [0.15, 0.2) is 0 Å². The molecule has 130 valence electrons. The van der Waals surface area contributed by atoms with E-state index in [2.05, 4.69) is 10.0 Å². The number of nitriles is 1. The number of benzene rings is 2. The summed E-state index contributed by atoms with van der Waals surface area (Å²) < 4.78 is 26.4. The minimum atomic E-state index is -3.68. The predicted molar refractivity (Wildman–Crippen MR) is 96.2 cm³/mol. The largest absolute Gasteiger partial charge is 0.325 e. The molecule has 2 N–H and O–H groups in total. The first kappa shape index (κ1) is 18.6. The van der Waals surface area contributed by atoms with E-state index in [1.165, 1.54) is 6.07 Å². The summed E-state index contributed by atoms with van der Waals surface area (Å²) in [6.07, 6.45) is 0.845. The van der Waals surface area contributed by atoms with Crippen molar-refractivity contribution in [2.24, 2.45) is 0 Å². The minimum Gasteiger partial charge on any atom is -0.325 e. The number of hydrogen-bond acceptors (Lipinski definition) is 4. The molecule has 2 rings (SSSR count). The van der Waals surface area contributed by atoms with Gasteiger partial charge in [0.05, 0.1) is 23.9 Å². The molecular weight excluding hydrogens is 338 g/mol. The number of carbonyl (C=O) groups excluding carboxylic acids is 1. The van der Waals surface area contributed by atoms with Crippen LogP contribution in [0.3, 0.4) is 0 Å². The first-order chi connectivity index (χ1) is 11.9. The molecule has 2 aromatic rings. The van der Waals surface area contributed by atoms with Crippen LogP contribution in [0, 0.1) is 11.3 Å². The Balaban J connectivity index is 1.92. The van der Waals surface area contributed by atoms with Crippen LogP contribution in [0.2, 0.25) is 0 Å². The van der Waals surface area contributed by atoms with Crippen molar-refractivity contribution < 1.29 is 13.2 Å². The molecule has 0 aliphatic heterocycles. The average molecular weight is 357 g/mol. The molecule has 6 nitrogen and oxygen atoms in total. The molecule has 0 spiro atoms. The van der Waals surface area contributed by atoms with Crippen LogP contribution in [-0.4, -0.2) is 20.9 Å². The maximum atomic E-state index is 12.1. The van der Waals surface area contributed by atoms with Gasteiger partial charge in [-0.15, -0.1) is 0 Å². The summed E-state index contributed by atoms with van der Waals surface area (Å²) in [4.78, 5) is 11.9. The zero-order valence-corrected chi connectivity index (χ0v) is 14.6. The third kappa shape index (κ3) is 6.03. The average Bonchev–Trinajstić information content (AvgIpc) is 2.60. The Kier molecular flexibility index (Phi) is 6.28. The van der Waals surface area contributed by atoms with Crippen LogP contribution < -0.4 is 10.0 Å². The highest BCUT2D eigenvalue weighted by Gasteiger charge is 2.14. The molecule has 2 aromatic carbocycles. The summed E-state index contributed by atoms with van der Waals surface area (Å²) in [5, 5.41) is 11.5. The third-order valence-corrected chi connectivity index (χ3v) is 4.78. The van der Waals surface area contributed by atoms with Crippen molar-refractivity contribution >= 4 is 21.6 Å². The second kappa shape index (κ2) is 8.42. The van der Waals surface area contributed by atoms with Crippen molar-refractivity contribution in [3.63, 3.8) is 0 Å². The monoisotopic (exact) mass is 357 g/mol. The molecule has 0 heterocycles. The Morgan fingerprint density at radius 3 is 2.56 bits per heavy atom. The van der Waals surface area contributed by atoms with Crippen LogP contribution in [0.15, 0.2) is 48.5 Å². The van der Waals surface area contributed by atoms with Gasteiger partial charge in [-0.05, 0) is 41.8 Å². The van der Waals surface area contributed by atoms with Crippen LogP contribution in [-0.2, 0) is 27.0 Å². The lowest BCUT2D eigenvalue weighted by Crippen LogP contribution is -2.33. The molecule has 0 unspecified atom stereocenters. The number of amides is 1. The van der Waals surface area contributed by atoms with Gasteiger partial charge in [0.1, 0.15) is 0 Å². The Bertz CT molecular complexity index is 902. The lowest BCUT2D eigenvalue weighted by atomic mass is 10.1. The fraction of sp³-hybridized carbons (Fsp3) is 0.222. The molecule has 0 radical (unpaired) electrons. The summed E-state index contributed by atoms with van der Waals surface area (Å²) in [5.41, 5.74) is 2.59. The first-order valence-corrected chi connectivity index (χ1v) is 9.42. The number of rotatable bonds is 7. The highest BCUT2D eigenvalue weighted by atomic mass is 32.2. The number of nitrogens with zero attached hydrogens (tertiary/aromatic N) is 1. The van der Waals surface area contributed by atoms with Gasteiger partial charge in [-0.1, -0.05) is 31.2 Å². The molecule has 0 fully saturated rings. The summed E-state index contributed by atoms with van der Waals surface area (Å²) >= 11 is 0.